The van der Waals surface area contributed by atoms with Crippen molar-refractivity contribution in [1.82, 2.24) is 10.3 Å². The number of amides is 1. The maximum absolute atomic E-state index is 11.9. The third kappa shape index (κ3) is 4.59. The highest BCUT2D eigenvalue weighted by molar-refractivity contribution is 6.01. The van der Waals surface area contributed by atoms with Crippen molar-refractivity contribution in [1.29, 1.82) is 5.26 Å². The highest BCUT2D eigenvalue weighted by atomic mass is 16.1. The van der Waals surface area contributed by atoms with Crippen LogP contribution in [0.25, 0.3) is 6.08 Å². The van der Waals surface area contributed by atoms with Crippen LogP contribution in [-0.2, 0) is 11.2 Å². The van der Waals surface area contributed by atoms with Crippen LogP contribution in [0.4, 0.5) is 0 Å². The molecule has 0 spiro atoms. The van der Waals surface area contributed by atoms with Gasteiger partial charge < -0.3 is 5.32 Å². The maximum atomic E-state index is 11.9. The molecule has 0 aliphatic carbocycles. The first-order valence-corrected chi connectivity index (χ1v) is 6.64. The Morgan fingerprint density at radius 2 is 1.95 bits per heavy atom. The Labute approximate surface area is 123 Å². The first-order chi connectivity index (χ1) is 10.3. The molecule has 0 atom stereocenters. The summed E-state index contributed by atoms with van der Waals surface area (Å²) in [5.74, 6) is -0.376. The molecule has 0 bridgehead atoms. The van der Waals surface area contributed by atoms with E-state index < -0.39 is 0 Å². The number of carbonyl (C=O) groups excluding carboxylic acids is 1. The Hall–Kier alpha value is -2.93. The molecule has 0 saturated heterocycles. The van der Waals surface area contributed by atoms with Gasteiger partial charge in [-0.15, -0.1) is 0 Å². The average molecular weight is 277 g/mol. The summed E-state index contributed by atoms with van der Waals surface area (Å²) in [6, 6.07) is 17.1. The van der Waals surface area contributed by atoms with E-state index in [2.05, 4.69) is 10.3 Å². The van der Waals surface area contributed by atoms with Crippen LogP contribution in [0.3, 0.4) is 0 Å². The number of aromatic nitrogens is 1. The van der Waals surface area contributed by atoms with Gasteiger partial charge in [-0.2, -0.15) is 5.26 Å². The van der Waals surface area contributed by atoms with E-state index in [1.807, 2.05) is 36.4 Å². The fraction of sp³-hybridized carbons (Fsp3) is 0.118. The van der Waals surface area contributed by atoms with E-state index in [0.29, 0.717) is 12.2 Å². The summed E-state index contributed by atoms with van der Waals surface area (Å²) in [5.41, 5.74) is 1.79. The van der Waals surface area contributed by atoms with E-state index in [-0.39, 0.29) is 11.5 Å². The quantitative estimate of drug-likeness (QED) is 0.674. The van der Waals surface area contributed by atoms with Gasteiger partial charge >= 0.3 is 0 Å². The monoisotopic (exact) mass is 277 g/mol. The van der Waals surface area contributed by atoms with E-state index in [9.17, 15) is 4.79 Å². The fourth-order valence-corrected chi connectivity index (χ4v) is 1.82. The number of nitrogens with zero attached hydrogens (tertiary/aromatic N) is 2. The topological polar surface area (TPSA) is 65.8 Å². The van der Waals surface area contributed by atoms with Gasteiger partial charge in [0.15, 0.2) is 0 Å². The number of nitriles is 1. The molecule has 0 radical (unpaired) electrons. The molecule has 104 valence electrons. The van der Waals surface area contributed by atoms with E-state index in [0.717, 1.165) is 12.0 Å². The van der Waals surface area contributed by atoms with Gasteiger partial charge in [-0.25, -0.2) is 0 Å². The Morgan fingerprint density at radius 3 is 2.62 bits per heavy atom. The second-order valence-electron chi connectivity index (χ2n) is 4.42. The van der Waals surface area contributed by atoms with Gasteiger partial charge in [0, 0.05) is 12.7 Å². The average Bonchev–Trinajstić information content (AvgIpc) is 2.54. The maximum Gasteiger partial charge on any atom is 0.262 e. The lowest BCUT2D eigenvalue weighted by Gasteiger charge is -2.04. The minimum absolute atomic E-state index is 0.0572. The zero-order valence-electron chi connectivity index (χ0n) is 11.5. The van der Waals surface area contributed by atoms with Crippen molar-refractivity contribution >= 4 is 12.0 Å². The van der Waals surface area contributed by atoms with Gasteiger partial charge in [0.05, 0.1) is 5.69 Å². The summed E-state index contributed by atoms with van der Waals surface area (Å²) < 4.78 is 0. The Kier molecular flexibility index (Phi) is 5.25. The second kappa shape index (κ2) is 7.61. The van der Waals surface area contributed by atoms with Crippen molar-refractivity contribution in [2.75, 3.05) is 6.54 Å². The van der Waals surface area contributed by atoms with Gasteiger partial charge in [0.25, 0.3) is 5.91 Å². The van der Waals surface area contributed by atoms with Crippen molar-refractivity contribution in [3.05, 3.63) is 71.6 Å². The molecule has 1 aromatic heterocycles. The summed E-state index contributed by atoms with van der Waals surface area (Å²) in [5, 5.41) is 11.8. The van der Waals surface area contributed by atoms with Gasteiger partial charge in [0.1, 0.15) is 11.6 Å². The molecule has 0 aliphatic rings. The van der Waals surface area contributed by atoms with Crippen molar-refractivity contribution < 1.29 is 4.79 Å². The number of benzene rings is 1. The molecule has 0 aliphatic heterocycles. The van der Waals surface area contributed by atoms with Crippen LogP contribution in [0.2, 0.25) is 0 Å². The number of hydrogen-bond donors (Lipinski definition) is 1. The van der Waals surface area contributed by atoms with Crippen LogP contribution in [0, 0.1) is 11.3 Å². The van der Waals surface area contributed by atoms with E-state index in [1.165, 1.54) is 6.08 Å². The van der Waals surface area contributed by atoms with Gasteiger partial charge in [-0.05, 0) is 30.2 Å². The summed E-state index contributed by atoms with van der Waals surface area (Å²) >= 11 is 0. The molecule has 4 nitrogen and oxygen atoms in total. The molecular weight excluding hydrogens is 262 g/mol. The van der Waals surface area contributed by atoms with Crippen LogP contribution < -0.4 is 5.32 Å². The SMILES string of the molecule is N#C/C(=C/c1ccccn1)C(=O)NCCc1ccccc1. The van der Waals surface area contributed by atoms with Crippen LogP contribution in [0.15, 0.2) is 60.3 Å². The summed E-state index contributed by atoms with van der Waals surface area (Å²) in [7, 11) is 0. The third-order valence-corrected chi connectivity index (χ3v) is 2.89. The molecule has 1 amide bonds. The zero-order chi connectivity index (χ0) is 14.9. The fourth-order valence-electron chi connectivity index (χ4n) is 1.82. The molecule has 4 heteroatoms. The first kappa shape index (κ1) is 14.5. The predicted molar refractivity (Wildman–Crippen MR) is 81.0 cm³/mol. The second-order valence-corrected chi connectivity index (χ2v) is 4.42. The summed E-state index contributed by atoms with van der Waals surface area (Å²) in [4.78, 5) is 16.0. The summed E-state index contributed by atoms with van der Waals surface area (Å²) in [6.45, 7) is 0.490. The Morgan fingerprint density at radius 1 is 1.19 bits per heavy atom. The molecule has 0 fully saturated rings. The molecule has 0 unspecified atom stereocenters. The van der Waals surface area contributed by atoms with E-state index in [1.54, 1.807) is 24.4 Å². The Bertz CT molecular complexity index is 657. The lowest BCUT2D eigenvalue weighted by Crippen LogP contribution is -2.26. The number of pyridine rings is 1. The third-order valence-electron chi connectivity index (χ3n) is 2.89. The Balaban J connectivity index is 1.92. The zero-order valence-corrected chi connectivity index (χ0v) is 11.5. The van der Waals surface area contributed by atoms with Crippen LogP contribution in [-0.4, -0.2) is 17.4 Å². The van der Waals surface area contributed by atoms with Gasteiger partial charge in [0.2, 0.25) is 0 Å². The normalized spacial score (nSPS) is 10.7. The molecule has 2 aromatic rings. The highest BCUT2D eigenvalue weighted by Crippen LogP contribution is 2.03. The van der Waals surface area contributed by atoms with Crippen molar-refractivity contribution in [2.45, 2.75) is 6.42 Å². The lowest BCUT2D eigenvalue weighted by molar-refractivity contribution is -0.117. The largest absolute Gasteiger partial charge is 0.351 e. The molecule has 1 heterocycles. The van der Waals surface area contributed by atoms with Crippen LogP contribution >= 0.6 is 0 Å². The van der Waals surface area contributed by atoms with Gasteiger partial charge in [-0.3, -0.25) is 9.78 Å². The van der Waals surface area contributed by atoms with Crippen molar-refractivity contribution in [2.24, 2.45) is 0 Å². The van der Waals surface area contributed by atoms with Crippen molar-refractivity contribution in [3.8, 4) is 6.07 Å². The molecule has 21 heavy (non-hydrogen) atoms. The first-order valence-electron chi connectivity index (χ1n) is 6.64. The molecular formula is C17H15N3O. The highest BCUT2D eigenvalue weighted by Gasteiger charge is 2.08. The number of carbonyl (C=O) groups is 1. The van der Waals surface area contributed by atoms with Crippen LogP contribution in [0.5, 0.6) is 0 Å². The van der Waals surface area contributed by atoms with Gasteiger partial charge in [-0.1, -0.05) is 36.4 Å². The number of rotatable bonds is 5. The minimum atomic E-state index is -0.376. The molecule has 1 aromatic carbocycles. The molecule has 2 rings (SSSR count). The number of nitrogens with one attached hydrogen (secondary N) is 1. The molecule has 1 N–H and O–H groups in total. The van der Waals surface area contributed by atoms with E-state index >= 15 is 0 Å². The van der Waals surface area contributed by atoms with Crippen molar-refractivity contribution in [3.63, 3.8) is 0 Å². The molecule has 0 saturated carbocycles. The van der Waals surface area contributed by atoms with Crippen LogP contribution in [0.1, 0.15) is 11.3 Å². The smallest absolute Gasteiger partial charge is 0.262 e. The van der Waals surface area contributed by atoms with E-state index in [4.69, 9.17) is 5.26 Å². The minimum Gasteiger partial charge on any atom is -0.351 e. The number of hydrogen-bond acceptors (Lipinski definition) is 3. The standard InChI is InChI=1S/C17H15N3O/c18-13-15(12-16-8-4-5-10-19-16)17(21)20-11-9-14-6-2-1-3-7-14/h1-8,10,12H,9,11H2,(H,20,21)/b15-12-. The summed E-state index contributed by atoms with van der Waals surface area (Å²) in [6.07, 6.45) is 3.83. The lowest BCUT2D eigenvalue weighted by atomic mass is 10.1. The predicted octanol–water partition coefficient (Wildman–Crippen LogP) is 2.35.